The van der Waals surface area contributed by atoms with Gasteiger partial charge in [-0.3, -0.25) is 0 Å². The van der Waals surface area contributed by atoms with Crippen LogP contribution < -0.4 is 0 Å². The number of rotatable bonds is 2. The second kappa shape index (κ2) is 5.21. The molecule has 18 heavy (non-hydrogen) atoms. The minimum absolute atomic E-state index is 0.360. The largest absolute Gasteiger partial charge is 0.507 e. The summed E-state index contributed by atoms with van der Waals surface area (Å²) in [5.41, 5.74) is 0. The molecule has 0 aliphatic carbocycles. The van der Waals surface area contributed by atoms with E-state index in [0.717, 1.165) is 24.0 Å². The Bertz CT molecular complexity index is 547. The van der Waals surface area contributed by atoms with Crippen molar-refractivity contribution in [2.45, 2.75) is 24.2 Å². The highest BCUT2D eigenvalue weighted by molar-refractivity contribution is 7.95. The van der Waals surface area contributed by atoms with Crippen molar-refractivity contribution in [3.63, 3.8) is 0 Å². The summed E-state index contributed by atoms with van der Waals surface area (Å²) < 4.78 is 3.27. The highest BCUT2D eigenvalue weighted by atomic mass is 32.2. The van der Waals surface area contributed by atoms with Gasteiger partial charge in [0.15, 0.2) is 13.2 Å². The molecule has 1 aliphatic rings. The minimum atomic E-state index is 0.360. The third kappa shape index (κ3) is 2.33. The van der Waals surface area contributed by atoms with E-state index in [2.05, 4.69) is 9.88 Å². The fourth-order valence-corrected chi connectivity index (χ4v) is 3.39. The molecule has 3 rings (SSSR count). The first-order valence-corrected chi connectivity index (χ1v) is 7.15. The lowest BCUT2D eigenvalue weighted by atomic mass is 10.1. The van der Waals surface area contributed by atoms with Gasteiger partial charge in [-0.1, -0.05) is 24.3 Å². The van der Waals surface area contributed by atoms with Gasteiger partial charge in [-0.25, -0.2) is 0 Å². The molecule has 0 radical (unpaired) electrons. The number of phenolic OH excluding ortho intramolecular Hbond substituents is 1. The summed E-state index contributed by atoms with van der Waals surface area (Å²) in [4.78, 5) is 1.20. The molecule has 0 bridgehead atoms. The maximum atomic E-state index is 9.87. The van der Waals surface area contributed by atoms with E-state index >= 15 is 0 Å². The standard InChI is InChI=1S/C15H16O2S/c16-14-8-9-15(13-7-3-2-6-12(13)14)18-17-10-4-1-5-11-17/h2-3,6-9H,1,4-5,10-11H2/p+1. The molecular weight excluding hydrogens is 244 g/mol. The lowest BCUT2D eigenvalue weighted by Gasteiger charge is -2.20. The molecule has 2 aromatic rings. The predicted molar refractivity (Wildman–Crippen MR) is 76.1 cm³/mol. The zero-order valence-electron chi connectivity index (χ0n) is 10.3. The van der Waals surface area contributed by atoms with Gasteiger partial charge < -0.3 is 8.92 Å². The van der Waals surface area contributed by atoms with E-state index in [9.17, 15) is 5.11 Å². The van der Waals surface area contributed by atoms with Gasteiger partial charge in [0, 0.05) is 23.6 Å². The normalized spacial score (nSPS) is 17.1. The first-order valence-electron chi connectivity index (χ1n) is 6.41. The number of hydrogen-bond acceptors (Lipinski definition) is 2. The van der Waals surface area contributed by atoms with Crippen molar-refractivity contribution >= 4 is 22.8 Å². The summed E-state index contributed by atoms with van der Waals surface area (Å²) >= 11 is 1.74. The average Bonchev–Trinajstić information content (AvgIpc) is 2.44. The summed E-state index contributed by atoms with van der Waals surface area (Å²) in [6, 6.07) is 11.8. The van der Waals surface area contributed by atoms with Crippen molar-refractivity contribution < 1.29 is 8.92 Å². The third-order valence-corrected chi connectivity index (χ3v) is 4.42. The van der Waals surface area contributed by atoms with Crippen molar-refractivity contribution in [3.05, 3.63) is 36.4 Å². The Morgan fingerprint density at radius 3 is 2.39 bits per heavy atom. The summed E-state index contributed by atoms with van der Waals surface area (Å²) in [5.74, 6) is 0.360. The molecule has 1 fully saturated rings. The maximum absolute atomic E-state index is 9.87. The Morgan fingerprint density at radius 1 is 0.889 bits per heavy atom. The number of aromatic hydroxyl groups is 1. The molecule has 1 aliphatic heterocycles. The lowest BCUT2D eigenvalue weighted by Crippen LogP contribution is -2.15. The van der Waals surface area contributed by atoms with Gasteiger partial charge >= 0.3 is 0 Å². The number of hydrogen-bond donors (Lipinski definition) is 1. The average molecular weight is 261 g/mol. The summed E-state index contributed by atoms with van der Waals surface area (Å²) in [5, 5.41) is 11.9. The molecule has 0 unspecified atom stereocenters. The van der Waals surface area contributed by atoms with Gasteiger partial charge in [0.25, 0.3) is 0 Å². The van der Waals surface area contributed by atoms with Crippen LogP contribution in [0.2, 0.25) is 0 Å². The third-order valence-electron chi connectivity index (χ3n) is 3.31. The number of fused-ring (bicyclic) bond motifs is 1. The fourth-order valence-electron chi connectivity index (χ4n) is 2.34. The Labute approximate surface area is 111 Å². The van der Waals surface area contributed by atoms with E-state index < -0.39 is 0 Å². The molecule has 2 aromatic carbocycles. The molecule has 0 atom stereocenters. The van der Waals surface area contributed by atoms with Crippen LogP contribution in [0.5, 0.6) is 5.75 Å². The van der Waals surface area contributed by atoms with Crippen LogP contribution in [0.1, 0.15) is 19.3 Å². The zero-order valence-corrected chi connectivity index (χ0v) is 11.1. The van der Waals surface area contributed by atoms with Crippen molar-refractivity contribution in [1.29, 1.82) is 0 Å². The van der Waals surface area contributed by atoms with E-state index in [4.69, 9.17) is 0 Å². The van der Waals surface area contributed by atoms with Gasteiger partial charge in [0.1, 0.15) is 5.75 Å². The van der Waals surface area contributed by atoms with Crippen LogP contribution in [0.4, 0.5) is 0 Å². The van der Waals surface area contributed by atoms with Gasteiger partial charge in [0.05, 0.1) is 4.90 Å². The first kappa shape index (κ1) is 11.9. The zero-order chi connectivity index (χ0) is 12.4. The van der Waals surface area contributed by atoms with Crippen molar-refractivity contribution in [2.24, 2.45) is 0 Å². The van der Waals surface area contributed by atoms with Gasteiger partial charge in [-0.05, 0) is 18.6 Å². The Balaban J connectivity index is 1.94. The van der Waals surface area contributed by atoms with Gasteiger partial charge in [-0.2, -0.15) is 0 Å². The molecular formula is C15H17O2S+. The quantitative estimate of drug-likeness (QED) is 0.644. The topological polar surface area (TPSA) is 22.9 Å². The molecule has 0 amide bonds. The molecule has 1 N–H and O–H groups in total. The Morgan fingerprint density at radius 2 is 1.61 bits per heavy atom. The van der Waals surface area contributed by atoms with Crippen LogP contribution in [0.3, 0.4) is 0 Å². The van der Waals surface area contributed by atoms with Crippen molar-refractivity contribution in [3.8, 4) is 5.75 Å². The first-order chi connectivity index (χ1) is 8.84. The fraction of sp³-hybridized carbons (Fsp3) is 0.333. The predicted octanol–water partition coefficient (Wildman–Crippen LogP) is 4.29. The van der Waals surface area contributed by atoms with Crippen LogP contribution in [-0.4, -0.2) is 18.3 Å². The Hall–Kier alpha value is -1.19. The van der Waals surface area contributed by atoms with Gasteiger partial charge in [-0.15, -0.1) is 0 Å². The van der Waals surface area contributed by atoms with E-state index in [1.165, 1.54) is 24.2 Å². The second-order valence-corrected chi connectivity index (χ2v) is 5.70. The molecule has 1 saturated heterocycles. The number of phenols is 1. The highest BCUT2D eigenvalue weighted by Crippen LogP contribution is 2.37. The molecule has 2 nitrogen and oxygen atoms in total. The van der Waals surface area contributed by atoms with Crippen molar-refractivity contribution in [1.82, 2.24) is 0 Å². The summed E-state index contributed by atoms with van der Waals surface area (Å²) in [6.45, 7) is 2.17. The molecule has 1 heterocycles. The summed E-state index contributed by atoms with van der Waals surface area (Å²) in [7, 11) is 0. The van der Waals surface area contributed by atoms with E-state index in [0.29, 0.717) is 5.75 Å². The second-order valence-electron chi connectivity index (χ2n) is 4.62. The molecule has 3 heteroatoms. The highest BCUT2D eigenvalue weighted by Gasteiger charge is 2.20. The van der Waals surface area contributed by atoms with Crippen molar-refractivity contribution in [2.75, 3.05) is 13.2 Å². The number of benzene rings is 2. The SMILES string of the molecule is Oc1ccc(S[O+]2CCCCC2)c2ccccc12. The lowest BCUT2D eigenvalue weighted by molar-refractivity contribution is 0.0141. The molecule has 94 valence electrons. The summed E-state index contributed by atoms with van der Waals surface area (Å²) in [6.07, 6.45) is 3.85. The monoisotopic (exact) mass is 261 g/mol. The van der Waals surface area contributed by atoms with Crippen LogP contribution in [0.15, 0.2) is 41.3 Å². The van der Waals surface area contributed by atoms with E-state index in [1.807, 2.05) is 24.3 Å². The molecule has 0 spiro atoms. The minimum Gasteiger partial charge on any atom is -0.507 e. The van der Waals surface area contributed by atoms with E-state index in [-0.39, 0.29) is 0 Å². The van der Waals surface area contributed by atoms with Crippen LogP contribution >= 0.6 is 12.0 Å². The smallest absolute Gasteiger partial charge is 0.226 e. The molecule has 0 aromatic heterocycles. The van der Waals surface area contributed by atoms with Gasteiger partial charge in [0.2, 0.25) is 12.0 Å². The van der Waals surface area contributed by atoms with Crippen LogP contribution in [-0.2, 0) is 3.81 Å². The van der Waals surface area contributed by atoms with E-state index in [1.54, 1.807) is 18.1 Å². The Kier molecular flexibility index (Phi) is 3.43. The van der Waals surface area contributed by atoms with Crippen LogP contribution in [0, 0.1) is 0 Å². The maximum Gasteiger partial charge on any atom is 0.226 e. The van der Waals surface area contributed by atoms with Crippen LogP contribution in [0.25, 0.3) is 10.8 Å². The molecule has 0 saturated carbocycles.